The first-order valence-corrected chi connectivity index (χ1v) is 5.13. The molecule has 3 nitrogen and oxygen atoms in total. The molecule has 0 aliphatic heterocycles. The number of benzene rings is 1. The number of aliphatic hydroxyl groups excluding tert-OH is 1. The van der Waals surface area contributed by atoms with Crippen LogP contribution in [0.4, 0.5) is 0 Å². The summed E-state index contributed by atoms with van der Waals surface area (Å²) in [6, 6.07) is 8.48. The van der Waals surface area contributed by atoms with Gasteiger partial charge in [0.2, 0.25) is 0 Å². The third-order valence-corrected chi connectivity index (χ3v) is 1.22. The van der Waals surface area contributed by atoms with Crippen LogP contribution in [0.15, 0.2) is 24.3 Å². The molecule has 16 heavy (non-hydrogen) atoms. The average molecular weight is 227 g/mol. The molecule has 94 valence electrons. The van der Waals surface area contributed by atoms with E-state index in [4.69, 9.17) is 9.90 Å². The van der Waals surface area contributed by atoms with Crippen LogP contribution in [0, 0.1) is 13.8 Å². The van der Waals surface area contributed by atoms with Gasteiger partial charge >= 0.3 is 0 Å². The highest BCUT2D eigenvalue weighted by molar-refractivity contribution is 5.19. The molecule has 0 radical (unpaired) electrons. The summed E-state index contributed by atoms with van der Waals surface area (Å²) < 4.78 is 0. The van der Waals surface area contributed by atoms with E-state index in [0.29, 0.717) is 0 Å². The van der Waals surface area contributed by atoms with E-state index in [1.165, 1.54) is 11.1 Å². The number of carbonyl (C=O) groups is 1. The molecule has 1 rings (SSSR count). The maximum Gasteiger partial charge on any atom is 0.106 e. The minimum absolute atomic E-state index is 0.250. The van der Waals surface area contributed by atoms with E-state index in [9.17, 15) is 0 Å². The van der Waals surface area contributed by atoms with Crippen molar-refractivity contribution >= 4 is 6.79 Å². The summed E-state index contributed by atoms with van der Waals surface area (Å²) in [6.07, 6.45) is 0. The van der Waals surface area contributed by atoms with Crippen molar-refractivity contribution in [2.24, 2.45) is 0 Å². The van der Waals surface area contributed by atoms with Gasteiger partial charge in [-0.25, -0.2) is 0 Å². The van der Waals surface area contributed by atoms with E-state index in [1.54, 1.807) is 6.92 Å². The Hall–Kier alpha value is -1.19. The monoisotopic (exact) mass is 227 g/mol. The number of rotatable bonds is 0. The third-order valence-electron chi connectivity index (χ3n) is 1.22. The summed E-state index contributed by atoms with van der Waals surface area (Å²) in [5.41, 5.74) is 2.66. The van der Waals surface area contributed by atoms with Gasteiger partial charge < -0.3 is 15.2 Å². The zero-order valence-corrected chi connectivity index (χ0v) is 11.1. The van der Waals surface area contributed by atoms with Gasteiger partial charge in [-0.1, -0.05) is 35.4 Å². The van der Waals surface area contributed by atoms with Crippen molar-refractivity contribution in [1.82, 2.24) is 5.32 Å². The molecule has 1 aromatic rings. The lowest BCUT2D eigenvalue weighted by Gasteiger charge is -1.90. The van der Waals surface area contributed by atoms with Crippen LogP contribution in [0.1, 0.15) is 18.1 Å². The first kappa shape index (κ1) is 20.3. The Kier molecular flexibility index (Phi) is 24.5. The third kappa shape index (κ3) is 23.0. The van der Waals surface area contributed by atoms with Gasteiger partial charge in [0.1, 0.15) is 6.79 Å². The molecule has 0 bridgehead atoms. The Morgan fingerprint density at radius 2 is 1.19 bits per heavy atom. The number of aryl methyl sites for hydroxylation is 2. The molecule has 0 aliphatic carbocycles. The maximum atomic E-state index is 8.00. The SMILES string of the molecule is C=O.CCO.CNC.Cc1ccc(C)cc1. The van der Waals surface area contributed by atoms with Gasteiger partial charge in [-0.2, -0.15) is 0 Å². The highest BCUT2D eigenvalue weighted by Gasteiger charge is 1.79. The van der Waals surface area contributed by atoms with E-state index >= 15 is 0 Å². The molecule has 0 fully saturated rings. The van der Waals surface area contributed by atoms with Crippen molar-refractivity contribution in [2.75, 3.05) is 20.7 Å². The molecule has 0 spiro atoms. The molecule has 0 heterocycles. The van der Waals surface area contributed by atoms with Crippen LogP contribution >= 0.6 is 0 Å². The van der Waals surface area contributed by atoms with Crippen molar-refractivity contribution in [3.63, 3.8) is 0 Å². The van der Waals surface area contributed by atoms with Gasteiger partial charge in [0, 0.05) is 6.61 Å². The summed E-state index contributed by atoms with van der Waals surface area (Å²) >= 11 is 0. The Labute approximate surface area is 99.5 Å². The van der Waals surface area contributed by atoms with Crippen molar-refractivity contribution in [1.29, 1.82) is 0 Å². The lowest BCUT2D eigenvalue weighted by molar-refractivity contribution is -0.0979. The fourth-order valence-electron chi connectivity index (χ4n) is 0.637. The minimum atomic E-state index is 0.250. The van der Waals surface area contributed by atoms with Gasteiger partial charge in [-0.3, -0.25) is 0 Å². The molecule has 3 heteroatoms. The van der Waals surface area contributed by atoms with E-state index in [2.05, 4.69) is 43.4 Å². The number of nitrogens with one attached hydrogen (secondary N) is 1. The largest absolute Gasteiger partial charge is 0.397 e. The standard InChI is InChI=1S/C8H10.C2H7N.C2H6O.CH2O/c1-7-3-5-8(2)6-4-7;1-3-2;1-2-3;1-2/h3-6H,1-2H3;3H,1-2H3;3H,2H2,1H3;1H2. The second-order valence-corrected chi connectivity index (χ2v) is 2.97. The van der Waals surface area contributed by atoms with E-state index in [0.717, 1.165) is 0 Å². The highest BCUT2D eigenvalue weighted by atomic mass is 16.2. The zero-order chi connectivity index (χ0) is 13.4. The second kappa shape index (κ2) is 19.4. The Bertz CT molecular complexity index is 187. The van der Waals surface area contributed by atoms with Gasteiger partial charge in [-0.15, -0.1) is 0 Å². The smallest absolute Gasteiger partial charge is 0.106 e. The lowest BCUT2D eigenvalue weighted by atomic mass is 10.2. The van der Waals surface area contributed by atoms with Crippen LogP contribution in [0.5, 0.6) is 0 Å². The molecular formula is C13H25NO2. The van der Waals surface area contributed by atoms with Crippen LogP contribution in [0.2, 0.25) is 0 Å². The molecule has 2 N–H and O–H groups in total. The van der Waals surface area contributed by atoms with E-state index in [-0.39, 0.29) is 6.61 Å². The molecule has 0 saturated carbocycles. The molecule has 0 aromatic heterocycles. The van der Waals surface area contributed by atoms with Crippen molar-refractivity contribution in [3.05, 3.63) is 35.4 Å². The topological polar surface area (TPSA) is 49.3 Å². The normalized spacial score (nSPS) is 7.12. The van der Waals surface area contributed by atoms with Crippen molar-refractivity contribution in [3.8, 4) is 0 Å². The first-order valence-electron chi connectivity index (χ1n) is 5.13. The second-order valence-electron chi connectivity index (χ2n) is 2.97. The molecule has 0 amide bonds. The van der Waals surface area contributed by atoms with Crippen LogP contribution in [0.3, 0.4) is 0 Å². The maximum absolute atomic E-state index is 8.00. The van der Waals surface area contributed by atoms with Gasteiger partial charge in [-0.05, 0) is 34.9 Å². The number of carbonyl (C=O) groups excluding carboxylic acids is 1. The summed E-state index contributed by atoms with van der Waals surface area (Å²) in [7, 11) is 3.75. The zero-order valence-electron chi connectivity index (χ0n) is 11.1. The number of hydrogen-bond acceptors (Lipinski definition) is 3. The predicted octanol–water partition coefficient (Wildman–Crippen LogP) is 1.95. The summed E-state index contributed by atoms with van der Waals surface area (Å²) in [4.78, 5) is 8.00. The molecule has 0 aliphatic rings. The molecule has 0 unspecified atom stereocenters. The fourth-order valence-corrected chi connectivity index (χ4v) is 0.637. The van der Waals surface area contributed by atoms with Crippen LogP contribution < -0.4 is 5.32 Å². The minimum Gasteiger partial charge on any atom is -0.397 e. The molecule has 0 atom stereocenters. The van der Waals surface area contributed by atoms with Gasteiger partial charge in [0.25, 0.3) is 0 Å². The van der Waals surface area contributed by atoms with Gasteiger partial charge in [0.05, 0.1) is 0 Å². The predicted molar refractivity (Wildman–Crippen MR) is 70.8 cm³/mol. The van der Waals surface area contributed by atoms with Crippen molar-refractivity contribution in [2.45, 2.75) is 20.8 Å². The Morgan fingerprint density at radius 3 is 1.31 bits per heavy atom. The number of aliphatic hydroxyl groups is 1. The highest BCUT2D eigenvalue weighted by Crippen LogP contribution is 1.99. The van der Waals surface area contributed by atoms with E-state index in [1.807, 2.05) is 20.9 Å². The average Bonchev–Trinajstić information content (AvgIpc) is 2.28. The van der Waals surface area contributed by atoms with Crippen LogP contribution in [0.25, 0.3) is 0 Å². The first-order chi connectivity index (χ1) is 7.62. The Morgan fingerprint density at radius 1 is 1.06 bits per heavy atom. The summed E-state index contributed by atoms with van der Waals surface area (Å²) in [5, 5.41) is 10.3. The summed E-state index contributed by atoms with van der Waals surface area (Å²) in [6.45, 7) is 8.12. The summed E-state index contributed by atoms with van der Waals surface area (Å²) in [5.74, 6) is 0. The number of hydrogen-bond donors (Lipinski definition) is 2. The van der Waals surface area contributed by atoms with Crippen LogP contribution in [-0.2, 0) is 4.79 Å². The van der Waals surface area contributed by atoms with Crippen molar-refractivity contribution < 1.29 is 9.90 Å². The molecule has 1 aromatic carbocycles. The fraction of sp³-hybridized carbons (Fsp3) is 0.462. The van der Waals surface area contributed by atoms with Gasteiger partial charge in [0.15, 0.2) is 0 Å². The lowest BCUT2D eigenvalue weighted by Crippen LogP contribution is -1.89. The van der Waals surface area contributed by atoms with Crippen LogP contribution in [-0.4, -0.2) is 32.6 Å². The quantitative estimate of drug-likeness (QED) is 0.712. The van der Waals surface area contributed by atoms with E-state index < -0.39 is 0 Å². The molecular weight excluding hydrogens is 202 g/mol. The molecule has 0 saturated heterocycles. The Balaban J connectivity index is -0.000000179.